The fourth-order valence-corrected chi connectivity index (χ4v) is 1.65. The topological polar surface area (TPSA) is 83.6 Å². The molecule has 2 rings (SSSR count). The van der Waals surface area contributed by atoms with Crippen LogP contribution in [0.15, 0.2) is 30.6 Å². The van der Waals surface area contributed by atoms with Gasteiger partial charge in [0.2, 0.25) is 0 Å². The average Bonchev–Trinajstić information content (AvgIpc) is 2.84. The van der Waals surface area contributed by atoms with Gasteiger partial charge in [-0.25, -0.2) is 0 Å². The highest BCUT2D eigenvalue weighted by atomic mass is 16.1. The predicted molar refractivity (Wildman–Crippen MR) is 68.2 cm³/mol. The van der Waals surface area contributed by atoms with E-state index in [1.165, 1.54) is 0 Å². The van der Waals surface area contributed by atoms with Crippen molar-refractivity contribution in [2.24, 2.45) is 7.05 Å². The Morgan fingerprint density at radius 2 is 2.37 bits per heavy atom. The zero-order valence-electron chi connectivity index (χ0n) is 10.5. The number of aromatic nitrogens is 3. The molecule has 0 unspecified atom stereocenters. The smallest absolute Gasteiger partial charge is 0.251 e. The van der Waals surface area contributed by atoms with Gasteiger partial charge in [-0.05, 0) is 18.2 Å². The van der Waals surface area contributed by atoms with Gasteiger partial charge in [-0.15, -0.1) is 10.2 Å². The van der Waals surface area contributed by atoms with Gasteiger partial charge in [-0.3, -0.25) is 4.79 Å². The fraction of sp³-hybridized carbons (Fsp3) is 0.231. The Labute approximate surface area is 110 Å². The lowest BCUT2D eigenvalue weighted by Gasteiger charge is -2.05. The van der Waals surface area contributed by atoms with E-state index in [0.29, 0.717) is 24.1 Å². The van der Waals surface area contributed by atoms with Gasteiger partial charge >= 0.3 is 0 Å². The fourth-order valence-electron chi connectivity index (χ4n) is 1.65. The van der Waals surface area contributed by atoms with Crippen LogP contribution in [-0.4, -0.2) is 27.2 Å². The van der Waals surface area contributed by atoms with Gasteiger partial charge < -0.3 is 9.88 Å². The molecule has 1 aromatic carbocycles. The Bertz CT molecular complexity index is 626. The Morgan fingerprint density at radius 1 is 1.53 bits per heavy atom. The molecule has 96 valence electrons. The van der Waals surface area contributed by atoms with E-state index in [0.717, 1.165) is 5.82 Å². The zero-order valence-corrected chi connectivity index (χ0v) is 10.5. The van der Waals surface area contributed by atoms with Crippen molar-refractivity contribution in [3.8, 4) is 6.07 Å². The van der Waals surface area contributed by atoms with E-state index in [-0.39, 0.29) is 5.91 Å². The Kier molecular flexibility index (Phi) is 3.88. The summed E-state index contributed by atoms with van der Waals surface area (Å²) in [6.07, 6.45) is 2.23. The van der Waals surface area contributed by atoms with E-state index in [2.05, 4.69) is 15.5 Å². The van der Waals surface area contributed by atoms with Crippen LogP contribution in [0.4, 0.5) is 0 Å². The summed E-state index contributed by atoms with van der Waals surface area (Å²) in [5.41, 5.74) is 0.956. The Morgan fingerprint density at radius 3 is 3.05 bits per heavy atom. The zero-order chi connectivity index (χ0) is 13.7. The van der Waals surface area contributed by atoms with Crippen LogP contribution in [0.1, 0.15) is 21.7 Å². The largest absolute Gasteiger partial charge is 0.352 e. The first-order chi connectivity index (χ1) is 9.20. The number of aryl methyl sites for hydroxylation is 1. The quantitative estimate of drug-likeness (QED) is 0.869. The third-order valence-corrected chi connectivity index (χ3v) is 2.69. The molecule has 0 bridgehead atoms. The molecule has 2 aromatic rings. The standard InChI is InChI=1S/C13H13N5O/c1-18-9-16-17-12(18)5-6-15-13(19)11-4-2-3-10(7-11)8-14/h2-4,7,9H,5-6H2,1H3,(H,15,19). The second kappa shape index (κ2) is 5.78. The third kappa shape index (κ3) is 3.16. The minimum atomic E-state index is -0.195. The summed E-state index contributed by atoms with van der Waals surface area (Å²) in [6, 6.07) is 8.61. The number of carbonyl (C=O) groups excluding carboxylic acids is 1. The first-order valence-electron chi connectivity index (χ1n) is 5.82. The summed E-state index contributed by atoms with van der Waals surface area (Å²) >= 11 is 0. The maximum absolute atomic E-state index is 11.9. The summed E-state index contributed by atoms with van der Waals surface area (Å²) in [4.78, 5) is 11.9. The maximum Gasteiger partial charge on any atom is 0.251 e. The second-order valence-electron chi connectivity index (χ2n) is 4.06. The van der Waals surface area contributed by atoms with Gasteiger partial charge in [-0.1, -0.05) is 6.07 Å². The molecule has 0 fully saturated rings. The number of amides is 1. The molecule has 0 saturated carbocycles. The number of rotatable bonds is 4. The van der Waals surface area contributed by atoms with Crippen molar-refractivity contribution in [3.05, 3.63) is 47.5 Å². The van der Waals surface area contributed by atoms with Crippen LogP contribution in [0.2, 0.25) is 0 Å². The maximum atomic E-state index is 11.9. The summed E-state index contributed by atoms with van der Waals surface area (Å²) in [5, 5.41) is 19.3. The number of benzene rings is 1. The van der Waals surface area contributed by atoms with E-state index >= 15 is 0 Å². The monoisotopic (exact) mass is 255 g/mol. The normalized spacial score (nSPS) is 9.89. The molecule has 0 atom stereocenters. The van der Waals surface area contributed by atoms with Crippen molar-refractivity contribution in [2.45, 2.75) is 6.42 Å². The minimum Gasteiger partial charge on any atom is -0.352 e. The van der Waals surface area contributed by atoms with Crippen molar-refractivity contribution in [1.29, 1.82) is 5.26 Å². The summed E-state index contributed by atoms with van der Waals surface area (Å²) in [6.45, 7) is 0.474. The second-order valence-corrected chi connectivity index (χ2v) is 4.06. The van der Waals surface area contributed by atoms with Crippen molar-refractivity contribution < 1.29 is 4.79 Å². The predicted octanol–water partition coefficient (Wildman–Crippen LogP) is 0.659. The van der Waals surface area contributed by atoms with E-state index in [1.54, 1.807) is 30.6 Å². The van der Waals surface area contributed by atoms with Crippen molar-refractivity contribution in [1.82, 2.24) is 20.1 Å². The number of hydrogen-bond acceptors (Lipinski definition) is 4. The Balaban J connectivity index is 1.91. The van der Waals surface area contributed by atoms with Crippen LogP contribution in [0.3, 0.4) is 0 Å². The molecule has 0 radical (unpaired) electrons. The number of hydrogen-bond donors (Lipinski definition) is 1. The number of carbonyl (C=O) groups is 1. The molecule has 1 N–H and O–H groups in total. The van der Waals surface area contributed by atoms with Crippen LogP contribution in [0.5, 0.6) is 0 Å². The molecule has 0 aliphatic carbocycles. The Hall–Kier alpha value is -2.68. The van der Waals surface area contributed by atoms with Gasteiger partial charge in [0.25, 0.3) is 5.91 Å². The van der Waals surface area contributed by atoms with Crippen molar-refractivity contribution >= 4 is 5.91 Å². The van der Waals surface area contributed by atoms with Gasteiger partial charge in [0.05, 0.1) is 11.6 Å². The van der Waals surface area contributed by atoms with E-state index < -0.39 is 0 Å². The molecule has 0 spiro atoms. The summed E-state index contributed by atoms with van der Waals surface area (Å²) in [5.74, 6) is 0.616. The number of nitrogens with one attached hydrogen (secondary N) is 1. The summed E-state index contributed by atoms with van der Waals surface area (Å²) in [7, 11) is 1.85. The molecular weight excluding hydrogens is 242 g/mol. The van der Waals surface area contributed by atoms with Crippen LogP contribution >= 0.6 is 0 Å². The first-order valence-corrected chi connectivity index (χ1v) is 5.82. The summed E-state index contributed by atoms with van der Waals surface area (Å²) < 4.78 is 1.81. The molecule has 19 heavy (non-hydrogen) atoms. The first kappa shape index (κ1) is 12.8. The van der Waals surface area contributed by atoms with Gasteiger partial charge in [0.1, 0.15) is 12.2 Å². The molecule has 0 aliphatic heterocycles. The van der Waals surface area contributed by atoms with E-state index in [1.807, 2.05) is 17.7 Å². The van der Waals surface area contributed by atoms with Crippen LogP contribution in [0.25, 0.3) is 0 Å². The van der Waals surface area contributed by atoms with Gasteiger partial charge in [-0.2, -0.15) is 5.26 Å². The molecular formula is C13H13N5O. The molecule has 1 aromatic heterocycles. The van der Waals surface area contributed by atoms with Crippen LogP contribution in [-0.2, 0) is 13.5 Å². The highest BCUT2D eigenvalue weighted by Gasteiger charge is 2.06. The molecule has 1 heterocycles. The van der Waals surface area contributed by atoms with Crippen molar-refractivity contribution in [3.63, 3.8) is 0 Å². The van der Waals surface area contributed by atoms with E-state index in [4.69, 9.17) is 5.26 Å². The lowest BCUT2D eigenvalue weighted by molar-refractivity contribution is 0.0954. The molecule has 1 amide bonds. The molecule has 0 saturated heterocycles. The lowest BCUT2D eigenvalue weighted by atomic mass is 10.1. The molecule has 6 nitrogen and oxygen atoms in total. The van der Waals surface area contributed by atoms with Crippen LogP contribution in [0, 0.1) is 11.3 Å². The molecule has 0 aliphatic rings. The third-order valence-electron chi connectivity index (χ3n) is 2.69. The lowest BCUT2D eigenvalue weighted by Crippen LogP contribution is -2.26. The SMILES string of the molecule is Cn1cnnc1CCNC(=O)c1cccc(C#N)c1. The highest BCUT2D eigenvalue weighted by Crippen LogP contribution is 2.03. The number of nitrogens with zero attached hydrogens (tertiary/aromatic N) is 4. The minimum absolute atomic E-state index is 0.195. The number of nitriles is 1. The van der Waals surface area contributed by atoms with Crippen molar-refractivity contribution in [2.75, 3.05) is 6.54 Å². The van der Waals surface area contributed by atoms with Crippen LogP contribution < -0.4 is 5.32 Å². The van der Waals surface area contributed by atoms with Gasteiger partial charge in [0, 0.05) is 25.6 Å². The highest BCUT2D eigenvalue weighted by molar-refractivity contribution is 5.94. The van der Waals surface area contributed by atoms with E-state index in [9.17, 15) is 4.79 Å². The van der Waals surface area contributed by atoms with Gasteiger partial charge in [0.15, 0.2) is 0 Å². The molecule has 6 heteroatoms. The average molecular weight is 255 g/mol.